The van der Waals surface area contributed by atoms with Crippen molar-refractivity contribution in [2.45, 2.75) is 38.5 Å². The summed E-state index contributed by atoms with van der Waals surface area (Å²) in [5, 5.41) is 0. The van der Waals surface area contributed by atoms with Crippen molar-refractivity contribution in [3.63, 3.8) is 0 Å². The minimum atomic E-state index is 0.0116. The molecule has 3 rings (SSSR count). The zero-order chi connectivity index (χ0) is 12.7. The van der Waals surface area contributed by atoms with Crippen molar-refractivity contribution in [3.05, 3.63) is 35.4 Å². The van der Waals surface area contributed by atoms with Crippen molar-refractivity contribution in [2.24, 2.45) is 11.8 Å². The summed E-state index contributed by atoms with van der Waals surface area (Å²) in [6.07, 6.45) is 2.68. The van der Waals surface area contributed by atoms with Crippen LogP contribution in [0.5, 0.6) is 0 Å². The van der Waals surface area contributed by atoms with Crippen LogP contribution in [-0.4, -0.2) is 11.6 Å². The third kappa shape index (κ3) is 1.90. The predicted octanol–water partition coefficient (Wildman–Crippen LogP) is 3.04. The van der Waals surface area contributed by atoms with Gasteiger partial charge in [0.05, 0.1) is 0 Å². The molecule has 3 atom stereocenters. The first kappa shape index (κ1) is 11.6. The molecule has 0 aliphatic heterocycles. The van der Waals surface area contributed by atoms with Crippen LogP contribution in [0.1, 0.15) is 42.7 Å². The average Bonchev–Trinajstić information content (AvgIpc) is 2.68. The number of hydrogen-bond acceptors (Lipinski definition) is 2. The summed E-state index contributed by atoms with van der Waals surface area (Å²) >= 11 is 0. The molecule has 0 saturated heterocycles. The number of ketones is 2. The quantitative estimate of drug-likeness (QED) is 0.758. The maximum atomic E-state index is 12.1. The Morgan fingerprint density at radius 1 is 1.00 bits per heavy atom. The van der Waals surface area contributed by atoms with Gasteiger partial charge in [0.15, 0.2) is 0 Å². The molecule has 2 aliphatic carbocycles. The van der Waals surface area contributed by atoms with Crippen molar-refractivity contribution < 1.29 is 9.59 Å². The Morgan fingerprint density at radius 2 is 1.72 bits per heavy atom. The first-order chi connectivity index (χ1) is 8.65. The summed E-state index contributed by atoms with van der Waals surface area (Å²) in [6.45, 7) is 2.08. The Morgan fingerprint density at radius 3 is 2.44 bits per heavy atom. The number of fused-ring (bicyclic) bond motifs is 1. The molecule has 0 radical (unpaired) electrons. The van der Waals surface area contributed by atoms with Gasteiger partial charge in [-0.1, -0.05) is 29.8 Å². The lowest BCUT2D eigenvalue weighted by atomic mass is 9.75. The van der Waals surface area contributed by atoms with E-state index in [2.05, 4.69) is 31.2 Å². The van der Waals surface area contributed by atoms with E-state index in [1.54, 1.807) is 0 Å². The highest BCUT2D eigenvalue weighted by atomic mass is 16.1. The van der Waals surface area contributed by atoms with E-state index in [9.17, 15) is 9.59 Å². The monoisotopic (exact) mass is 242 g/mol. The molecule has 0 unspecified atom stereocenters. The molecular formula is C16H18O2. The van der Waals surface area contributed by atoms with E-state index in [0.717, 1.165) is 6.42 Å². The van der Waals surface area contributed by atoms with Gasteiger partial charge in [0.1, 0.15) is 11.6 Å². The van der Waals surface area contributed by atoms with E-state index in [1.165, 1.54) is 11.1 Å². The van der Waals surface area contributed by atoms with E-state index < -0.39 is 0 Å². The SMILES string of the molecule is Cc1ccc([C@H]2CC(=O)[C@H]3CC(=O)CC[C@H]32)cc1. The summed E-state index contributed by atoms with van der Waals surface area (Å²) in [5.74, 6) is 1.33. The second kappa shape index (κ2) is 4.34. The number of rotatable bonds is 1. The van der Waals surface area contributed by atoms with Crippen molar-refractivity contribution in [3.8, 4) is 0 Å². The molecule has 0 bridgehead atoms. The Balaban J connectivity index is 1.88. The Labute approximate surface area is 107 Å². The molecule has 1 aromatic carbocycles. The van der Waals surface area contributed by atoms with Crippen LogP contribution < -0.4 is 0 Å². The maximum Gasteiger partial charge on any atom is 0.137 e. The Kier molecular flexibility index (Phi) is 2.81. The number of carbonyl (C=O) groups is 2. The molecule has 2 aliphatic rings. The van der Waals surface area contributed by atoms with Crippen LogP contribution in [0.25, 0.3) is 0 Å². The molecule has 94 valence electrons. The molecule has 2 saturated carbocycles. The van der Waals surface area contributed by atoms with E-state index in [1.807, 2.05) is 0 Å². The fourth-order valence-electron chi connectivity index (χ4n) is 3.56. The molecule has 0 N–H and O–H groups in total. The first-order valence-electron chi connectivity index (χ1n) is 6.76. The standard InChI is InChI=1S/C16H18O2/c1-10-2-4-11(5-3-10)14-9-16(18)15-8-12(17)6-7-13(14)15/h2-5,13-15H,6-9H2,1H3/t13-,14+,15-/m0/s1. The van der Waals surface area contributed by atoms with Crippen molar-refractivity contribution in [1.29, 1.82) is 0 Å². The van der Waals surface area contributed by atoms with E-state index in [-0.39, 0.29) is 11.7 Å². The molecule has 0 aromatic heterocycles. The molecule has 0 amide bonds. The average molecular weight is 242 g/mol. The van der Waals surface area contributed by atoms with Crippen LogP contribution in [0.15, 0.2) is 24.3 Å². The van der Waals surface area contributed by atoms with E-state index in [0.29, 0.717) is 36.9 Å². The van der Waals surface area contributed by atoms with Gasteiger partial charge in [-0.05, 0) is 30.7 Å². The van der Waals surface area contributed by atoms with Gasteiger partial charge < -0.3 is 0 Å². The third-order valence-electron chi connectivity index (χ3n) is 4.58. The highest BCUT2D eigenvalue weighted by Crippen LogP contribution is 2.47. The Bertz CT molecular complexity index is 486. The van der Waals surface area contributed by atoms with Crippen molar-refractivity contribution in [1.82, 2.24) is 0 Å². The zero-order valence-corrected chi connectivity index (χ0v) is 10.7. The van der Waals surface area contributed by atoms with Crippen LogP contribution in [0, 0.1) is 18.8 Å². The van der Waals surface area contributed by atoms with Gasteiger partial charge in [-0.25, -0.2) is 0 Å². The van der Waals surface area contributed by atoms with Gasteiger partial charge in [-0.15, -0.1) is 0 Å². The summed E-state index contributed by atoms with van der Waals surface area (Å²) in [4.78, 5) is 23.5. The fraction of sp³-hybridized carbons (Fsp3) is 0.500. The summed E-state index contributed by atoms with van der Waals surface area (Å²) in [6, 6.07) is 8.51. The van der Waals surface area contributed by atoms with Gasteiger partial charge in [0.2, 0.25) is 0 Å². The van der Waals surface area contributed by atoms with Crippen LogP contribution in [-0.2, 0) is 9.59 Å². The molecule has 2 nitrogen and oxygen atoms in total. The number of Topliss-reactive ketones (excluding diaryl/α,β-unsaturated/α-hetero) is 2. The number of aryl methyl sites for hydroxylation is 1. The summed E-state index contributed by atoms with van der Waals surface area (Å²) in [7, 11) is 0. The number of benzene rings is 1. The normalized spacial score (nSPS) is 31.5. The summed E-state index contributed by atoms with van der Waals surface area (Å²) < 4.78 is 0. The lowest BCUT2D eigenvalue weighted by molar-refractivity contribution is -0.129. The predicted molar refractivity (Wildman–Crippen MR) is 69.4 cm³/mol. The van der Waals surface area contributed by atoms with Gasteiger partial charge in [0.25, 0.3) is 0 Å². The molecule has 0 heterocycles. The first-order valence-corrected chi connectivity index (χ1v) is 6.76. The number of carbonyl (C=O) groups excluding carboxylic acids is 2. The highest BCUT2D eigenvalue weighted by molar-refractivity contribution is 5.91. The fourth-order valence-corrected chi connectivity index (χ4v) is 3.56. The molecule has 1 aromatic rings. The van der Waals surface area contributed by atoms with Crippen LogP contribution >= 0.6 is 0 Å². The lowest BCUT2D eigenvalue weighted by Crippen LogP contribution is -2.26. The molecule has 2 heteroatoms. The second-order valence-electron chi connectivity index (χ2n) is 5.74. The molecule has 0 spiro atoms. The Hall–Kier alpha value is -1.44. The minimum absolute atomic E-state index is 0.0116. The van der Waals surface area contributed by atoms with Gasteiger partial charge in [-0.2, -0.15) is 0 Å². The number of hydrogen-bond donors (Lipinski definition) is 0. The van der Waals surface area contributed by atoms with E-state index >= 15 is 0 Å². The zero-order valence-electron chi connectivity index (χ0n) is 10.7. The highest BCUT2D eigenvalue weighted by Gasteiger charge is 2.45. The van der Waals surface area contributed by atoms with Crippen molar-refractivity contribution >= 4 is 11.6 Å². The topological polar surface area (TPSA) is 34.1 Å². The van der Waals surface area contributed by atoms with Crippen LogP contribution in [0.2, 0.25) is 0 Å². The minimum Gasteiger partial charge on any atom is -0.300 e. The molecular weight excluding hydrogens is 224 g/mol. The van der Waals surface area contributed by atoms with E-state index in [4.69, 9.17) is 0 Å². The summed E-state index contributed by atoms with van der Waals surface area (Å²) in [5.41, 5.74) is 2.52. The lowest BCUT2D eigenvalue weighted by Gasteiger charge is -2.27. The molecule has 2 fully saturated rings. The van der Waals surface area contributed by atoms with Crippen molar-refractivity contribution in [2.75, 3.05) is 0 Å². The third-order valence-corrected chi connectivity index (χ3v) is 4.58. The van der Waals surface area contributed by atoms with Crippen LogP contribution in [0.4, 0.5) is 0 Å². The second-order valence-corrected chi connectivity index (χ2v) is 5.74. The maximum absolute atomic E-state index is 12.1. The smallest absolute Gasteiger partial charge is 0.137 e. The van der Waals surface area contributed by atoms with Gasteiger partial charge >= 0.3 is 0 Å². The van der Waals surface area contributed by atoms with Gasteiger partial charge in [-0.3, -0.25) is 9.59 Å². The van der Waals surface area contributed by atoms with Crippen LogP contribution in [0.3, 0.4) is 0 Å². The van der Waals surface area contributed by atoms with Gasteiger partial charge in [0, 0.05) is 25.2 Å². The molecule has 18 heavy (non-hydrogen) atoms. The largest absolute Gasteiger partial charge is 0.300 e.